The Hall–Kier alpha value is -1.83. The Bertz CT molecular complexity index is 927. The molecule has 3 rings (SSSR count). The summed E-state index contributed by atoms with van der Waals surface area (Å²) >= 11 is 4.91. The first-order valence-corrected chi connectivity index (χ1v) is 11.0. The number of hydrogen-bond acceptors (Lipinski definition) is 4. The summed E-state index contributed by atoms with van der Waals surface area (Å²) in [6.07, 6.45) is 0.838. The molecule has 1 heterocycles. The van der Waals surface area contributed by atoms with Crippen molar-refractivity contribution in [3.8, 4) is 0 Å². The average Bonchev–Trinajstić information content (AvgIpc) is 3.07. The first-order chi connectivity index (χ1) is 13.6. The van der Waals surface area contributed by atoms with Crippen molar-refractivity contribution in [1.82, 2.24) is 14.9 Å². The van der Waals surface area contributed by atoms with Crippen LogP contribution in [0.3, 0.4) is 0 Å². The number of hydrogen-bond donors (Lipinski definition) is 1. The lowest BCUT2D eigenvalue weighted by molar-refractivity contribution is -0.119. The molecule has 1 amide bonds. The minimum Gasteiger partial charge on any atom is -0.383 e. The summed E-state index contributed by atoms with van der Waals surface area (Å²) in [7, 11) is 1.69. The van der Waals surface area contributed by atoms with E-state index in [-0.39, 0.29) is 11.9 Å². The number of thioether (sulfide) groups is 1. The fourth-order valence-corrected chi connectivity index (χ4v) is 4.16. The van der Waals surface area contributed by atoms with E-state index < -0.39 is 0 Å². The van der Waals surface area contributed by atoms with Gasteiger partial charge in [0.05, 0.1) is 29.4 Å². The lowest BCUT2D eigenvalue weighted by Gasteiger charge is -2.17. The monoisotopic (exact) mass is 461 g/mol. The van der Waals surface area contributed by atoms with Crippen LogP contribution in [0.4, 0.5) is 0 Å². The number of para-hydroxylation sites is 2. The average molecular weight is 462 g/mol. The lowest BCUT2D eigenvalue weighted by atomic mass is 10.0. The summed E-state index contributed by atoms with van der Waals surface area (Å²) in [6.45, 7) is 3.38. The second-order valence-corrected chi connectivity index (χ2v) is 8.25. The molecule has 0 aliphatic heterocycles. The van der Waals surface area contributed by atoms with Gasteiger partial charge in [-0.3, -0.25) is 4.79 Å². The van der Waals surface area contributed by atoms with Gasteiger partial charge >= 0.3 is 0 Å². The van der Waals surface area contributed by atoms with Gasteiger partial charge in [0.1, 0.15) is 0 Å². The van der Waals surface area contributed by atoms with Crippen molar-refractivity contribution < 1.29 is 9.53 Å². The molecule has 3 aromatic rings. The largest absolute Gasteiger partial charge is 0.383 e. The molecule has 0 radical (unpaired) electrons. The van der Waals surface area contributed by atoms with Crippen molar-refractivity contribution >= 4 is 44.6 Å². The van der Waals surface area contributed by atoms with Crippen molar-refractivity contribution in [1.29, 1.82) is 0 Å². The van der Waals surface area contributed by atoms with Gasteiger partial charge in [0.2, 0.25) is 5.91 Å². The van der Waals surface area contributed by atoms with E-state index in [1.54, 1.807) is 7.11 Å². The minimum atomic E-state index is 0.00474. The van der Waals surface area contributed by atoms with Crippen molar-refractivity contribution in [3.63, 3.8) is 0 Å². The number of nitrogens with one attached hydrogen (secondary N) is 1. The number of carbonyl (C=O) groups excluding carboxylic acids is 1. The van der Waals surface area contributed by atoms with Crippen LogP contribution < -0.4 is 5.32 Å². The summed E-state index contributed by atoms with van der Waals surface area (Å²) in [5, 5.41) is 3.97. The van der Waals surface area contributed by atoms with Crippen molar-refractivity contribution in [3.05, 3.63) is 58.6 Å². The van der Waals surface area contributed by atoms with Gasteiger partial charge in [-0.1, -0.05) is 58.9 Å². The Kier molecular flexibility index (Phi) is 7.53. The number of imidazole rings is 1. The number of carbonyl (C=O) groups is 1. The second-order valence-electron chi connectivity index (χ2n) is 6.40. The Morgan fingerprint density at radius 1 is 1.25 bits per heavy atom. The molecule has 28 heavy (non-hydrogen) atoms. The quantitative estimate of drug-likeness (QED) is 0.464. The molecule has 0 spiro atoms. The Labute approximate surface area is 178 Å². The third kappa shape index (κ3) is 5.16. The Morgan fingerprint density at radius 3 is 2.71 bits per heavy atom. The number of benzene rings is 2. The van der Waals surface area contributed by atoms with Gasteiger partial charge in [0, 0.05) is 18.1 Å². The normalized spacial score (nSPS) is 12.2. The molecule has 1 aromatic heterocycles. The predicted molar refractivity (Wildman–Crippen MR) is 118 cm³/mol. The molecule has 1 atom stereocenters. The van der Waals surface area contributed by atoms with Crippen LogP contribution in [-0.4, -0.2) is 34.9 Å². The Balaban J connectivity index is 1.67. The molecule has 0 saturated carbocycles. The summed E-state index contributed by atoms with van der Waals surface area (Å²) in [6, 6.07) is 16.1. The zero-order valence-corrected chi connectivity index (χ0v) is 18.4. The first kappa shape index (κ1) is 20.9. The minimum absolute atomic E-state index is 0.00474. The first-order valence-electron chi connectivity index (χ1n) is 9.24. The fourth-order valence-electron chi connectivity index (χ4n) is 3.04. The SMILES string of the molecule is CCC(NC(=O)CSc1nc2ccccc2n1CCOC)c1ccc(Br)cc1. The molecule has 1 unspecified atom stereocenters. The van der Waals surface area contributed by atoms with Crippen LogP contribution in [0, 0.1) is 0 Å². The highest BCUT2D eigenvalue weighted by molar-refractivity contribution is 9.10. The topological polar surface area (TPSA) is 56.2 Å². The lowest BCUT2D eigenvalue weighted by Crippen LogP contribution is -2.29. The molecule has 0 aliphatic carbocycles. The summed E-state index contributed by atoms with van der Waals surface area (Å²) in [4.78, 5) is 17.3. The smallest absolute Gasteiger partial charge is 0.230 e. The molecule has 2 aromatic carbocycles. The maximum Gasteiger partial charge on any atom is 0.230 e. The highest BCUT2D eigenvalue weighted by Crippen LogP contribution is 2.25. The Morgan fingerprint density at radius 2 is 2.00 bits per heavy atom. The number of methoxy groups -OCH3 is 1. The van der Waals surface area contributed by atoms with Crippen LogP contribution in [0.1, 0.15) is 24.9 Å². The van der Waals surface area contributed by atoms with Gasteiger partial charge in [-0.2, -0.15) is 0 Å². The van der Waals surface area contributed by atoms with Crippen LogP contribution in [0.5, 0.6) is 0 Å². The number of rotatable bonds is 9. The molecule has 1 N–H and O–H groups in total. The van der Waals surface area contributed by atoms with Crippen molar-refractivity contribution in [2.75, 3.05) is 19.5 Å². The molecule has 0 aliphatic rings. The van der Waals surface area contributed by atoms with E-state index in [1.807, 2.05) is 48.5 Å². The molecular weight excluding hydrogens is 438 g/mol. The van der Waals surface area contributed by atoms with E-state index in [2.05, 4.69) is 37.7 Å². The zero-order chi connectivity index (χ0) is 19.9. The summed E-state index contributed by atoms with van der Waals surface area (Å²) < 4.78 is 8.37. The van der Waals surface area contributed by atoms with E-state index >= 15 is 0 Å². The van der Waals surface area contributed by atoms with Gasteiger partial charge in [-0.05, 0) is 36.2 Å². The van der Waals surface area contributed by atoms with Crippen LogP contribution in [0.15, 0.2) is 58.2 Å². The molecule has 0 bridgehead atoms. The second kappa shape index (κ2) is 10.1. The van der Waals surface area contributed by atoms with Gasteiger partial charge in [-0.15, -0.1) is 0 Å². The maximum absolute atomic E-state index is 12.6. The van der Waals surface area contributed by atoms with Crippen LogP contribution in [-0.2, 0) is 16.1 Å². The number of nitrogens with zero attached hydrogens (tertiary/aromatic N) is 2. The van der Waals surface area contributed by atoms with Gasteiger partial charge in [0.15, 0.2) is 5.16 Å². The molecular formula is C21H24BrN3O2S. The molecule has 0 saturated heterocycles. The van der Waals surface area contributed by atoms with Crippen LogP contribution in [0.2, 0.25) is 0 Å². The van der Waals surface area contributed by atoms with Crippen LogP contribution in [0.25, 0.3) is 11.0 Å². The number of aromatic nitrogens is 2. The number of amides is 1. The highest BCUT2D eigenvalue weighted by Gasteiger charge is 2.16. The van der Waals surface area contributed by atoms with E-state index in [0.717, 1.165) is 32.6 Å². The third-order valence-corrected chi connectivity index (χ3v) is 5.99. The number of ether oxygens (including phenoxy) is 1. The number of halogens is 1. The van der Waals surface area contributed by atoms with Gasteiger partial charge in [-0.25, -0.2) is 4.98 Å². The van der Waals surface area contributed by atoms with Crippen molar-refractivity contribution in [2.24, 2.45) is 0 Å². The highest BCUT2D eigenvalue weighted by atomic mass is 79.9. The van der Waals surface area contributed by atoms with E-state index in [1.165, 1.54) is 11.8 Å². The van der Waals surface area contributed by atoms with E-state index in [9.17, 15) is 4.79 Å². The van der Waals surface area contributed by atoms with Crippen molar-refractivity contribution in [2.45, 2.75) is 31.1 Å². The molecule has 7 heteroatoms. The predicted octanol–water partition coefficient (Wildman–Crippen LogP) is 4.80. The molecule has 0 fully saturated rings. The summed E-state index contributed by atoms with van der Waals surface area (Å²) in [5.74, 6) is 0.327. The standard InChI is InChI=1S/C21H24BrN3O2S/c1-3-17(15-8-10-16(22)11-9-15)23-20(26)14-28-21-24-18-6-4-5-7-19(18)25(21)12-13-27-2/h4-11,17H,3,12-14H2,1-2H3,(H,23,26). The maximum atomic E-state index is 12.6. The number of fused-ring (bicyclic) bond motifs is 1. The van der Waals surface area contributed by atoms with Gasteiger partial charge < -0.3 is 14.6 Å². The van der Waals surface area contributed by atoms with E-state index in [4.69, 9.17) is 4.74 Å². The summed E-state index contributed by atoms with van der Waals surface area (Å²) in [5.41, 5.74) is 3.10. The van der Waals surface area contributed by atoms with Crippen LogP contribution >= 0.6 is 27.7 Å². The molecule has 148 valence electrons. The van der Waals surface area contributed by atoms with E-state index in [0.29, 0.717) is 18.9 Å². The third-order valence-electron chi connectivity index (χ3n) is 4.49. The van der Waals surface area contributed by atoms with Gasteiger partial charge in [0.25, 0.3) is 0 Å². The molecule has 5 nitrogen and oxygen atoms in total. The fraction of sp³-hybridized carbons (Fsp3) is 0.333. The zero-order valence-electron chi connectivity index (χ0n) is 16.0.